The maximum atomic E-state index is 12.8. The lowest BCUT2D eigenvalue weighted by Gasteiger charge is -2.10. The predicted octanol–water partition coefficient (Wildman–Crippen LogP) is 4.70. The molecular formula is C25H27N5O4S. The van der Waals surface area contributed by atoms with Crippen molar-refractivity contribution in [3.63, 3.8) is 0 Å². The number of ether oxygens (including phenoxy) is 1. The fourth-order valence-corrected chi connectivity index (χ4v) is 3.80. The number of carbonyl (C=O) groups excluding carboxylic acids is 1. The van der Waals surface area contributed by atoms with E-state index in [9.17, 15) is 9.59 Å². The van der Waals surface area contributed by atoms with Gasteiger partial charge in [-0.25, -0.2) is 0 Å². The quantitative estimate of drug-likeness (QED) is 0.283. The number of benzene rings is 2. The average molecular weight is 494 g/mol. The number of fused-ring (bicyclic) bond motifs is 1. The molecule has 2 aromatic heterocycles. The summed E-state index contributed by atoms with van der Waals surface area (Å²) in [5.74, 6) is 0.741. The number of methoxy groups -OCH3 is 1. The summed E-state index contributed by atoms with van der Waals surface area (Å²) in [6, 6.07) is 12.1. The number of anilines is 1. The van der Waals surface area contributed by atoms with Gasteiger partial charge in [0.2, 0.25) is 11.7 Å². The van der Waals surface area contributed by atoms with E-state index in [-0.39, 0.29) is 16.9 Å². The van der Waals surface area contributed by atoms with Crippen molar-refractivity contribution in [1.82, 2.24) is 19.7 Å². The molecule has 0 atom stereocenters. The zero-order valence-corrected chi connectivity index (χ0v) is 20.9. The van der Waals surface area contributed by atoms with E-state index in [0.29, 0.717) is 58.2 Å². The highest BCUT2D eigenvalue weighted by Crippen LogP contribution is 2.25. The molecule has 4 rings (SSSR count). The number of carbonyl (C=O) groups is 1. The molecule has 0 unspecified atom stereocenters. The van der Waals surface area contributed by atoms with Gasteiger partial charge in [-0.1, -0.05) is 25.9 Å². The summed E-state index contributed by atoms with van der Waals surface area (Å²) in [6.07, 6.45) is 0.670. The Morgan fingerprint density at radius 2 is 1.94 bits per heavy atom. The van der Waals surface area contributed by atoms with Crippen LogP contribution in [0, 0.1) is 4.77 Å². The van der Waals surface area contributed by atoms with Gasteiger partial charge in [-0.3, -0.25) is 14.2 Å². The van der Waals surface area contributed by atoms with Crippen molar-refractivity contribution in [2.75, 3.05) is 19.0 Å². The lowest BCUT2D eigenvalue weighted by Crippen LogP contribution is -2.23. The van der Waals surface area contributed by atoms with Gasteiger partial charge >= 0.3 is 0 Å². The summed E-state index contributed by atoms with van der Waals surface area (Å²) in [6.45, 7) is 6.99. The normalized spacial score (nSPS) is 11.7. The molecular weight excluding hydrogens is 466 g/mol. The van der Waals surface area contributed by atoms with E-state index in [1.165, 1.54) is 4.57 Å². The summed E-state index contributed by atoms with van der Waals surface area (Å²) < 4.78 is 12.2. The Morgan fingerprint density at radius 3 is 2.60 bits per heavy atom. The molecule has 0 bridgehead atoms. The van der Waals surface area contributed by atoms with Crippen molar-refractivity contribution in [3.8, 4) is 11.4 Å². The molecule has 2 aromatic carbocycles. The van der Waals surface area contributed by atoms with Gasteiger partial charge in [-0.15, -0.1) is 0 Å². The Balaban J connectivity index is 1.51. The van der Waals surface area contributed by atoms with Crippen LogP contribution in [0.4, 0.5) is 5.69 Å². The first-order valence-electron chi connectivity index (χ1n) is 11.2. The molecule has 1 amide bonds. The van der Waals surface area contributed by atoms with Crippen LogP contribution >= 0.6 is 12.2 Å². The van der Waals surface area contributed by atoms with Crippen molar-refractivity contribution < 1.29 is 14.1 Å². The monoisotopic (exact) mass is 493 g/mol. The smallest absolute Gasteiger partial charge is 0.262 e. The molecule has 10 heteroatoms. The number of hydrogen-bond acceptors (Lipinski definition) is 7. The van der Waals surface area contributed by atoms with Crippen LogP contribution < -0.4 is 10.9 Å². The van der Waals surface area contributed by atoms with Crippen molar-refractivity contribution >= 4 is 34.7 Å². The van der Waals surface area contributed by atoms with E-state index in [0.717, 1.165) is 5.56 Å². The molecule has 182 valence electrons. The maximum Gasteiger partial charge on any atom is 0.262 e. The van der Waals surface area contributed by atoms with E-state index >= 15 is 0 Å². The zero-order chi connectivity index (χ0) is 25.2. The lowest BCUT2D eigenvalue weighted by atomic mass is 9.97. The molecule has 0 saturated heterocycles. The first-order valence-corrected chi connectivity index (χ1v) is 11.6. The highest BCUT2D eigenvalue weighted by molar-refractivity contribution is 7.71. The minimum absolute atomic E-state index is 0.196. The molecule has 35 heavy (non-hydrogen) atoms. The largest absolute Gasteiger partial charge is 0.385 e. The van der Waals surface area contributed by atoms with Gasteiger partial charge in [-0.05, 0) is 61.1 Å². The van der Waals surface area contributed by atoms with Crippen molar-refractivity contribution in [1.29, 1.82) is 0 Å². The van der Waals surface area contributed by atoms with E-state index in [1.807, 2.05) is 32.9 Å². The molecule has 0 fully saturated rings. The number of nitrogens with zero attached hydrogens (tertiary/aromatic N) is 3. The molecule has 0 radical (unpaired) electrons. The van der Waals surface area contributed by atoms with E-state index in [2.05, 4.69) is 20.4 Å². The molecule has 2 heterocycles. The third-order valence-electron chi connectivity index (χ3n) is 5.44. The molecule has 0 aliphatic rings. The standard InChI is InChI=1S/C25H27N5O4S/c1-25(2,3)23-28-20(29-34-23)15-6-9-17(10-7-15)26-21(31)16-8-11-18-19(14-16)27-24(35)30(22(18)32)12-5-13-33-4/h6-11,14H,5,12-13H2,1-4H3,(H,26,31)(H,27,35). The van der Waals surface area contributed by atoms with Gasteiger partial charge in [0, 0.05) is 42.5 Å². The van der Waals surface area contributed by atoms with Gasteiger partial charge in [0.15, 0.2) is 4.77 Å². The van der Waals surface area contributed by atoms with Crippen LogP contribution in [0.15, 0.2) is 51.8 Å². The Bertz CT molecular complexity index is 1480. The number of amides is 1. The summed E-state index contributed by atoms with van der Waals surface area (Å²) in [5.41, 5.74) is 1.87. The second-order valence-corrected chi connectivity index (χ2v) is 9.58. The minimum atomic E-state index is -0.308. The Labute approximate surface area is 207 Å². The summed E-state index contributed by atoms with van der Waals surface area (Å²) in [7, 11) is 1.61. The van der Waals surface area contributed by atoms with Gasteiger partial charge in [0.05, 0.1) is 10.9 Å². The van der Waals surface area contributed by atoms with Crippen LogP contribution in [0.5, 0.6) is 0 Å². The first kappa shape index (κ1) is 24.5. The van der Waals surface area contributed by atoms with Crippen molar-refractivity contribution in [3.05, 3.63) is 69.0 Å². The average Bonchev–Trinajstić information content (AvgIpc) is 3.32. The third kappa shape index (κ3) is 5.39. The molecule has 9 nitrogen and oxygen atoms in total. The second kappa shape index (κ2) is 9.93. The summed E-state index contributed by atoms with van der Waals surface area (Å²) in [4.78, 5) is 33.2. The van der Waals surface area contributed by atoms with Crippen molar-refractivity contribution in [2.45, 2.75) is 39.2 Å². The third-order valence-corrected chi connectivity index (χ3v) is 5.77. The first-order chi connectivity index (χ1) is 16.7. The van der Waals surface area contributed by atoms with Crippen LogP contribution in [0.1, 0.15) is 43.4 Å². The molecule has 0 saturated carbocycles. The Kier molecular flexibility index (Phi) is 6.95. The Hall–Kier alpha value is -3.63. The molecule has 2 N–H and O–H groups in total. The van der Waals surface area contributed by atoms with Crippen molar-refractivity contribution in [2.24, 2.45) is 0 Å². The number of nitrogens with one attached hydrogen (secondary N) is 2. The summed E-state index contributed by atoms with van der Waals surface area (Å²) in [5, 5.41) is 7.37. The SMILES string of the molecule is COCCCn1c(=S)[nH]c2cc(C(=O)Nc3ccc(-c4noc(C(C)(C)C)n4)cc3)ccc2c1=O. The molecule has 0 aliphatic heterocycles. The number of H-pyrrole nitrogens is 1. The topological polar surface area (TPSA) is 115 Å². The summed E-state index contributed by atoms with van der Waals surface area (Å²) >= 11 is 5.35. The Morgan fingerprint density at radius 1 is 1.20 bits per heavy atom. The van der Waals surface area contributed by atoms with Crippen LogP contribution in [-0.2, 0) is 16.7 Å². The predicted molar refractivity (Wildman–Crippen MR) is 136 cm³/mol. The van der Waals surface area contributed by atoms with Gasteiger partial charge in [0.1, 0.15) is 0 Å². The van der Waals surface area contributed by atoms with Gasteiger partial charge in [0.25, 0.3) is 11.5 Å². The molecule has 0 aliphatic carbocycles. The maximum absolute atomic E-state index is 12.8. The van der Waals surface area contributed by atoms with E-state index in [4.69, 9.17) is 21.5 Å². The van der Waals surface area contributed by atoms with E-state index < -0.39 is 0 Å². The highest BCUT2D eigenvalue weighted by atomic mass is 32.1. The lowest BCUT2D eigenvalue weighted by molar-refractivity contribution is 0.102. The number of rotatable bonds is 7. The van der Waals surface area contributed by atoms with Crippen LogP contribution in [0.3, 0.4) is 0 Å². The number of hydrogen-bond donors (Lipinski definition) is 2. The van der Waals surface area contributed by atoms with Crippen LogP contribution in [-0.4, -0.2) is 39.3 Å². The second-order valence-electron chi connectivity index (χ2n) is 9.20. The van der Waals surface area contributed by atoms with Crippen LogP contribution in [0.2, 0.25) is 0 Å². The molecule has 4 aromatic rings. The zero-order valence-electron chi connectivity index (χ0n) is 20.0. The van der Waals surface area contributed by atoms with E-state index in [1.54, 1.807) is 37.4 Å². The minimum Gasteiger partial charge on any atom is -0.385 e. The van der Waals surface area contributed by atoms with Gasteiger partial charge in [-0.2, -0.15) is 4.98 Å². The molecule has 0 spiro atoms. The van der Waals surface area contributed by atoms with Gasteiger partial charge < -0.3 is 19.6 Å². The fraction of sp³-hybridized carbons (Fsp3) is 0.320. The number of aromatic amines is 1. The van der Waals surface area contributed by atoms with Crippen LogP contribution in [0.25, 0.3) is 22.3 Å². The highest BCUT2D eigenvalue weighted by Gasteiger charge is 2.22. The number of aromatic nitrogens is 4. The fourth-order valence-electron chi connectivity index (χ4n) is 3.52.